The van der Waals surface area contributed by atoms with E-state index in [1.54, 1.807) is 6.92 Å². The number of aliphatic carboxylic acids is 1. The average molecular weight is 216 g/mol. The van der Waals surface area contributed by atoms with Crippen LogP contribution in [0.25, 0.3) is 0 Å². The van der Waals surface area contributed by atoms with Gasteiger partial charge in [-0.1, -0.05) is 0 Å². The van der Waals surface area contributed by atoms with Crippen molar-refractivity contribution in [1.29, 1.82) is 0 Å². The fraction of sp³-hybridized carbons (Fsp3) is 0.800. The summed E-state index contributed by atoms with van der Waals surface area (Å²) in [6.07, 6.45) is 0.0622. The highest BCUT2D eigenvalue weighted by atomic mass is 16.5. The lowest BCUT2D eigenvalue weighted by Crippen LogP contribution is -2.48. The number of carbonyl (C=O) groups is 2. The van der Waals surface area contributed by atoms with E-state index in [0.29, 0.717) is 6.61 Å². The second-order valence-corrected chi connectivity index (χ2v) is 3.86. The Morgan fingerprint density at radius 2 is 2.40 bits per heavy atom. The smallest absolute Gasteiger partial charge is 0.319 e. The highest BCUT2D eigenvalue weighted by molar-refractivity contribution is 6.03. The van der Waals surface area contributed by atoms with Crippen molar-refractivity contribution in [2.24, 2.45) is 5.41 Å². The number of rotatable bonds is 4. The maximum Gasteiger partial charge on any atom is 0.319 e. The predicted octanol–water partition coefficient (Wildman–Crippen LogP) is 0.472. The van der Waals surface area contributed by atoms with Crippen molar-refractivity contribution in [2.75, 3.05) is 20.3 Å². The molecule has 1 N–H and O–H groups in total. The molecule has 86 valence electrons. The molecule has 1 aliphatic rings. The Labute approximate surface area is 88.4 Å². The second-order valence-electron chi connectivity index (χ2n) is 3.86. The Kier molecular flexibility index (Phi) is 3.82. The molecule has 0 amide bonds. The number of carbonyl (C=O) groups excluding carboxylic acids is 1. The minimum absolute atomic E-state index is 0.0468. The molecule has 2 atom stereocenters. The van der Waals surface area contributed by atoms with Crippen LogP contribution in [0, 0.1) is 5.41 Å². The average Bonchev–Trinajstić information content (AvgIpc) is 2.21. The number of ketones is 1. The van der Waals surface area contributed by atoms with E-state index in [-0.39, 0.29) is 31.3 Å². The maximum atomic E-state index is 11.7. The molecule has 1 aliphatic heterocycles. The van der Waals surface area contributed by atoms with Gasteiger partial charge in [-0.05, 0) is 13.3 Å². The Morgan fingerprint density at radius 3 is 2.87 bits per heavy atom. The summed E-state index contributed by atoms with van der Waals surface area (Å²) in [4.78, 5) is 22.9. The van der Waals surface area contributed by atoms with Crippen LogP contribution in [0.1, 0.15) is 19.8 Å². The Hall–Kier alpha value is -0.940. The lowest BCUT2D eigenvalue weighted by molar-refractivity contribution is -0.167. The van der Waals surface area contributed by atoms with Gasteiger partial charge in [0.2, 0.25) is 0 Å². The van der Waals surface area contributed by atoms with Gasteiger partial charge in [0.1, 0.15) is 0 Å². The number of Topliss-reactive ketones (excluding diaryl/α,β-unsaturated/α-hetero) is 1. The zero-order chi connectivity index (χ0) is 11.5. The summed E-state index contributed by atoms with van der Waals surface area (Å²) in [7, 11) is 1.49. The van der Waals surface area contributed by atoms with E-state index in [4.69, 9.17) is 14.6 Å². The van der Waals surface area contributed by atoms with Gasteiger partial charge in [-0.15, -0.1) is 0 Å². The molecule has 1 saturated heterocycles. The summed E-state index contributed by atoms with van der Waals surface area (Å²) in [5.74, 6) is -1.37. The van der Waals surface area contributed by atoms with E-state index in [9.17, 15) is 9.59 Å². The summed E-state index contributed by atoms with van der Waals surface area (Å²) >= 11 is 0. The topological polar surface area (TPSA) is 72.8 Å². The molecule has 0 radical (unpaired) electrons. The van der Waals surface area contributed by atoms with E-state index >= 15 is 0 Å². The summed E-state index contributed by atoms with van der Waals surface area (Å²) in [5, 5.41) is 9.15. The van der Waals surface area contributed by atoms with Gasteiger partial charge in [0.05, 0.1) is 19.3 Å². The van der Waals surface area contributed by atoms with Crippen molar-refractivity contribution < 1.29 is 24.2 Å². The van der Waals surface area contributed by atoms with Gasteiger partial charge in [0.25, 0.3) is 0 Å². The van der Waals surface area contributed by atoms with E-state index in [2.05, 4.69) is 0 Å². The van der Waals surface area contributed by atoms with Gasteiger partial charge in [-0.25, -0.2) is 0 Å². The predicted molar refractivity (Wildman–Crippen MR) is 51.6 cm³/mol. The van der Waals surface area contributed by atoms with Crippen LogP contribution < -0.4 is 0 Å². The van der Waals surface area contributed by atoms with E-state index in [1.807, 2.05) is 0 Å². The number of ether oxygens (including phenoxy) is 2. The number of carboxylic acid groups (broad SMARTS) is 1. The molecule has 15 heavy (non-hydrogen) atoms. The highest BCUT2D eigenvalue weighted by Crippen LogP contribution is 2.31. The molecule has 0 saturated carbocycles. The normalized spacial score (nSPS) is 28.8. The Morgan fingerprint density at radius 1 is 1.73 bits per heavy atom. The quantitative estimate of drug-likeness (QED) is 0.691. The second kappa shape index (κ2) is 4.72. The number of carboxylic acids is 1. The molecule has 1 rings (SSSR count). The summed E-state index contributed by atoms with van der Waals surface area (Å²) < 4.78 is 10.1. The molecular formula is C10H16O5. The Balaban J connectivity index is 2.86. The van der Waals surface area contributed by atoms with E-state index < -0.39 is 11.4 Å². The van der Waals surface area contributed by atoms with Crippen LogP contribution in [0.5, 0.6) is 0 Å². The lowest BCUT2D eigenvalue weighted by atomic mass is 9.77. The minimum atomic E-state index is -1.41. The summed E-state index contributed by atoms with van der Waals surface area (Å²) in [6.45, 7) is 2.01. The summed E-state index contributed by atoms with van der Waals surface area (Å²) in [5.41, 5.74) is -1.41. The lowest BCUT2D eigenvalue weighted by Gasteiger charge is -2.33. The molecule has 0 aromatic carbocycles. The largest absolute Gasteiger partial charge is 0.480 e. The standard InChI is InChI=1S/C10H16O5/c1-7(14-2)5-10(9(12)13)6-15-4-3-8(10)11/h7H,3-6H2,1-2H3,(H,12,13). The van der Waals surface area contributed by atoms with Crippen molar-refractivity contribution in [3.63, 3.8) is 0 Å². The molecule has 5 heteroatoms. The van der Waals surface area contributed by atoms with Gasteiger partial charge in [-0.2, -0.15) is 0 Å². The van der Waals surface area contributed by atoms with Gasteiger partial charge in [0, 0.05) is 13.5 Å². The van der Waals surface area contributed by atoms with Crippen molar-refractivity contribution >= 4 is 11.8 Å². The molecule has 0 aromatic rings. The SMILES string of the molecule is COC(C)CC1(C(=O)O)COCCC1=O. The highest BCUT2D eigenvalue weighted by Gasteiger charge is 2.48. The molecular weight excluding hydrogens is 200 g/mol. The molecule has 2 unspecified atom stereocenters. The molecule has 0 aromatic heterocycles. The van der Waals surface area contributed by atoms with Crippen molar-refractivity contribution in [3.05, 3.63) is 0 Å². The van der Waals surface area contributed by atoms with Crippen LogP contribution in [-0.4, -0.2) is 43.3 Å². The van der Waals surface area contributed by atoms with Crippen molar-refractivity contribution in [3.8, 4) is 0 Å². The first kappa shape index (κ1) is 12.1. The maximum absolute atomic E-state index is 11.7. The minimum Gasteiger partial charge on any atom is -0.480 e. The van der Waals surface area contributed by atoms with Crippen LogP contribution in [0.4, 0.5) is 0 Å². The van der Waals surface area contributed by atoms with Gasteiger partial charge >= 0.3 is 5.97 Å². The molecule has 0 bridgehead atoms. The van der Waals surface area contributed by atoms with Crippen LogP contribution in [0.2, 0.25) is 0 Å². The third kappa shape index (κ3) is 2.35. The number of hydrogen-bond donors (Lipinski definition) is 1. The first-order valence-corrected chi connectivity index (χ1v) is 4.90. The van der Waals surface area contributed by atoms with Gasteiger partial charge < -0.3 is 14.6 Å². The summed E-state index contributed by atoms with van der Waals surface area (Å²) in [6, 6.07) is 0. The first-order chi connectivity index (χ1) is 7.03. The van der Waals surface area contributed by atoms with Crippen LogP contribution >= 0.6 is 0 Å². The van der Waals surface area contributed by atoms with Crippen LogP contribution in [0.3, 0.4) is 0 Å². The molecule has 1 fully saturated rings. The third-order valence-corrected chi connectivity index (χ3v) is 2.80. The zero-order valence-corrected chi connectivity index (χ0v) is 8.99. The Bertz CT molecular complexity index is 263. The van der Waals surface area contributed by atoms with Crippen molar-refractivity contribution in [1.82, 2.24) is 0 Å². The van der Waals surface area contributed by atoms with Gasteiger partial charge in [-0.3, -0.25) is 9.59 Å². The first-order valence-electron chi connectivity index (χ1n) is 4.90. The van der Waals surface area contributed by atoms with Gasteiger partial charge in [0.15, 0.2) is 11.2 Å². The monoisotopic (exact) mass is 216 g/mol. The molecule has 0 aliphatic carbocycles. The zero-order valence-electron chi connectivity index (χ0n) is 8.99. The molecule has 1 heterocycles. The number of hydrogen-bond acceptors (Lipinski definition) is 4. The number of methoxy groups -OCH3 is 1. The van der Waals surface area contributed by atoms with E-state index in [1.165, 1.54) is 7.11 Å². The van der Waals surface area contributed by atoms with Crippen molar-refractivity contribution in [2.45, 2.75) is 25.9 Å². The van der Waals surface area contributed by atoms with Crippen LogP contribution in [-0.2, 0) is 19.1 Å². The fourth-order valence-corrected chi connectivity index (χ4v) is 1.75. The molecule has 0 spiro atoms. The fourth-order valence-electron chi connectivity index (χ4n) is 1.75. The van der Waals surface area contributed by atoms with E-state index in [0.717, 1.165) is 0 Å². The molecule has 5 nitrogen and oxygen atoms in total. The third-order valence-electron chi connectivity index (χ3n) is 2.80. The van der Waals surface area contributed by atoms with Crippen LogP contribution in [0.15, 0.2) is 0 Å².